The molecular formula is C20H22N4O3S2. The van der Waals surface area contributed by atoms with Gasteiger partial charge < -0.3 is 11.1 Å². The number of nitrogens with one attached hydrogen (secondary N) is 2. The van der Waals surface area contributed by atoms with E-state index in [-0.39, 0.29) is 12.5 Å². The van der Waals surface area contributed by atoms with Crippen molar-refractivity contribution in [1.82, 2.24) is 9.03 Å². The summed E-state index contributed by atoms with van der Waals surface area (Å²) >= 11 is 1.61. The van der Waals surface area contributed by atoms with Gasteiger partial charge in [-0.15, -0.1) is 11.3 Å². The monoisotopic (exact) mass is 430 g/mol. The number of nitrogens with zero attached hydrogens (tertiary/aromatic N) is 1. The SMILES string of the molecule is CN(C)S(=O)(=O)NCc1ccc(C(=O)Nc2cc(-c3cccs3)ccc2N)cc1. The summed E-state index contributed by atoms with van der Waals surface area (Å²) in [4.78, 5) is 13.7. The second kappa shape index (κ2) is 8.75. The first kappa shape index (κ1) is 21.0. The van der Waals surface area contributed by atoms with E-state index in [1.807, 2.05) is 29.6 Å². The normalized spacial score (nSPS) is 11.6. The maximum Gasteiger partial charge on any atom is 0.279 e. The Balaban J connectivity index is 1.69. The number of amides is 1. The van der Waals surface area contributed by atoms with Crippen LogP contribution in [-0.4, -0.2) is 32.7 Å². The van der Waals surface area contributed by atoms with Crippen molar-refractivity contribution >= 4 is 38.8 Å². The highest BCUT2D eigenvalue weighted by molar-refractivity contribution is 7.87. The van der Waals surface area contributed by atoms with Crippen molar-refractivity contribution in [1.29, 1.82) is 0 Å². The summed E-state index contributed by atoms with van der Waals surface area (Å²) < 4.78 is 27.1. The quantitative estimate of drug-likeness (QED) is 0.501. The van der Waals surface area contributed by atoms with Gasteiger partial charge in [0.1, 0.15) is 0 Å². The van der Waals surface area contributed by atoms with Crippen molar-refractivity contribution in [3.63, 3.8) is 0 Å². The van der Waals surface area contributed by atoms with E-state index in [0.29, 0.717) is 16.9 Å². The zero-order valence-electron chi connectivity index (χ0n) is 16.0. The van der Waals surface area contributed by atoms with Crippen LogP contribution in [0.2, 0.25) is 0 Å². The molecule has 4 N–H and O–H groups in total. The number of anilines is 2. The van der Waals surface area contributed by atoms with E-state index in [1.165, 1.54) is 14.1 Å². The number of benzene rings is 2. The van der Waals surface area contributed by atoms with Crippen molar-refractivity contribution in [2.45, 2.75) is 6.54 Å². The number of carbonyl (C=O) groups is 1. The number of hydrogen-bond donors (Lipinski definition) is 3. The van der Waals surface area contributed by atoms with Gasteiger partial charge in [0.05, 0.1) is 11.4 Å². The number of carbonyl (C=O) groups excluding carboxylic acids is 1. The summed E-state index contributed by atoms with van der Waals surface area (Å²) in [5.74, 6) is -0.291. The first-order valence-electron chi connectivity index (χ1n) is 8.77. The summed E-state index contributed by atoms with van der Waals surface area (Å²) in [5, 5.41) is 4.83. The van der Waals surface area contributed by atoms with Crippen molar-refractivity contribution in [2.75, 3.05) is 25.1 Å². The first-order chi connectivity index (χ1) is 13.8. The average molecular weight is 431 g/mol. The van der Waals surface area contributed by atoms with E-state index in [1.54, 1.807) is 41.7 Å². The Morgan fingerprint density at radius 2 is 1.83 bits per heavy atom. The number of thiophene rings is 1. The van der Waals surface area contributed by atoms with Gasteiger partial charge in [0.15, 0.2) is 0 Å². The molecule has 0 atom stereocenters. The molecule has 0 aliphatic carbocycles. The molecule has 2 aromatic carbocycles. The van der Waals surface area contributed by atoms with Gasteiger partial charge in [-0.1, -0.05) is 24.3 Å². The summed E-state index contributed by atoms with van der Waals surface area (Å²) in [5.41, 5.74) is 9.21. The molecule has 1 amide bonds. The molecule has 0 unspecified atom stereocenters. The van der Waals surface area contributed by atoms with Gasteiger partial charge >= 0.3 is 0 Å². The van der Waals surface area contributed by atoms with Crippen molar-refractivity contribution in [2.24, 2.45) is 0 Å². The van der Waals surface area contributed by atoms with Crippen LogP contribution < -0.4 is 15.8 Å². The highest BCUT2D eigenvalue weighted by Gasteiger charge is 2.13. The predicted octanol–water partition coefficient (Wildman–Crippen LogP) is 3.15. The van der Waals surface area contributed by atoms with E-state index >= 15 is 0 Å². The van der Waals surface area contributed by atoms with Crippen LogP contribution in [0.25, 0.3) is 10.4 Å². The lowest BCUT2D eigenvalue weighted by molar-refractivity contribution is 0.102. The molecule has 0 aliphatic rings. The lowest BCUT2D eigenvalue weighted by atomic mass is 10.1. The second-order valence-corrected chi connectivity index (χ2v) is 9.46. The fourth-order valence-corrected chi connectivity index (χ4v) is 3.86. The number of nitrogen functional groups attached to an aromatic ring is 1. The van der Waals surface area contributed by atoms with E-state index in [2.05, 4.69) is 10.0 Å². The Bertz CT molecular complexity index is 1090. The Hall–Kier alpha value is -2.72. The molecule has 7 nitrogen and oxygen atoms in total. The minimum absolute atomic E-state index is 0.137. The van der Waals surface area contributed by atoms with Crippen LogP contribution in [0.5, 0.6) is 0 Å². The Kier molecular flexibility index (Phi) is 6.33. The summed E-state index contributed by atoms with van der Waals surface area (Å²) in [6, 6.07) is 16.2. The van der Waals surface area contributed by atoms with Gasteiger partial charge in [-0.25, -0.2) is 0 Å². The number of nitrogens with two attached hydrogens (primary N) is 1. The molecule has 1 aromatic heterocycles. The molecule has 0 radical (unpaired) electrons. The third kappa shape index (κ3) is 5.21. The summed E-state index contributed by atoms with van der Waals surface area (Å²) in [6.45, 7) is 0.137. The summed E-state index contributed by atoms with van der Waals surface area (Å²) in [6.07, 6.45) is 0. The fraction of sp³-hybridized carbons (Fsp3) is 0.150. The van der Waals surface area contributed by atoms with Gasteiger partial charge in [0.2, 0.25) is 0 Å². The van der Waals surface area contributed by atoms with Gasteiger partial charge in [-0.3, -0.25) is 4.79 Å². The van der Waals surface area contributed by atoms with Crippen LogP contribution in [0, 0.1) is 0 Å². The van der Waals surface area contributed by atoms with Gasteiger partial charge in [0, 0.05) is 31.1 Å². The lowest BCUT2D eigenvalue weighted by Gasteiger charge is -2.13. The fourth-order valence-electron chi connectivity index (χ4n) is 2.53. The van der Waals surface area contributed by atoms with Crippen LogP contribution in [0.15, 0.2) is 60.0 Å². The topological polar surface area (TPSA) is 105 Å². The molecule has 0 fully saturated rings. The first-order valence-corrected chi connectivity index (χ1v) is 11.1. The summed E-state index contributed by atoms with van der Waals surface area (Å²) in [7, 11) is -0.594. The third-order valence-electron chi connectivity index (χ3n) is 4.26. The molecule has 9 heteroatoms. The molecule has 152 valence electrons. The minimum Gasteiger partial charge on any atom is -0.397 e. The molecule has 0 saturated heterocycles. The van der Waals surface area contributed by atoms with E-state index in [9.17, 15) is 13.2 Å². The van der Waals surface area contributed by atoms with E-state index in [0.717, 1.165) is 20.3 Å². The van der Waals surface area contributed by atoms with Gasteiger partial charge in [0.25, 0.3) is 16.1 Å². The average Bonchev–Trinajstić information content (AvgIpc) is 3.23. The highest BCUT2D eigenvalue weighted by Crippen LogP contribution is 2.30. The zero-order valence-corrected chi connectivity index (χ0v) is 17.7. The van der Waals surface area contributed by atoms with Crippen LogP contribution in [0.1, 0.15) is 15.9 Å². The molecule has 0 aliphatic heterocycles. The molecule has 3 aromatic rings. The van der Waals surface area contributed by atoms with Crippen LogP contribution in [0.4, 0.5) is 11.4 Å². The molecule has 0 saturated carbocycles. The van der Waals surface area contributed by atoms with Crippen molar-refractivity contribution in [3.8, 4) is 10.4 Å². The van der Waals surface area contributed by atoms with Gasteiger partial charge in [-0.05, 0) is 46.8 Å². The van der Waals surface area contributed by atoms with Gasteiger partial charge in [-0.2, -0.15) is 17.4 Å². The standard InChI is InChI=1S/C20H22N4O3S2/c1-24(2)29(26,27)22-13-14-5-7-15(8-6-14)20(25)23-18-12-16(9-10-17(18)21)19-4-3-11-28-19/h3-12,22H,13,21H2,1-2H3,(H,23,25). The minimum atomic E-state index is -3.50. The third-order valence-corrected chi connectivity index (χ3v) is 6.65. The lowest BCUT2D eigenvalue weighted by Crippen LogP contribution is -2.35. The molecule has 0 bridgehead atoms. The Labute approximate surface area is 174 Å². The molecule has 3 rings (SSSR count). The Morgan fingerprint density at radius 3 is 2.45 bits per heavy atom. The predicted molar refractivity (Wildman–Crippen MR) is 118 cm³/mol. The molecular weight excluding hydrogens is 408 g/mol. The maximum absolute atomic E-state index is 12.6. The van der Waals surface area contributed by atoms with Crippen LogP contribution in [-0.2, 0) is 16.8 Å². The largest absolute Gasteiger partial charge is 0.397 e. The van der Waals surface area contributed by atoms with Crippen molar-refractivity contribution < 1.29 is 13.2 Å². The second-order valence-electron chi connectivity index (χ2n) is 6.54. The molecule has 29 heavy (non-hydrogen) atoms. The molecule has 0 spiro atoms. The van der Waals surface area contributed by atoms with Crippen molar-refractivity contribution in [3.05, 3.63) is 71.1 Å². The Morgan fingerprint density at radius 1 is 1.10 bits per heavy atom. The maximum atomic E-state index is 12.6. The highest BCUT2D eigenvalue weighted by atomic mass is 32.2. The zero-order chi connectivity index (χ0) is 21.0. The van der Waals surface area contributed by atoms with E-state index in [4.69, 9.17) is 5.73 Å². The smallest absolute Gasteiger partial charge is 0.279 e. The number of hydrogen-bond acceptors (Lipinski definition) is 5. The van der Waals surface area contributed by atoms with Crippen LogP contribution in [0.3, 0.4) is 0 Å². The molecule has 1 heterocycles. The van der Waals surface area contributed by atoms with E-state index < -0.39 is 10.2 Å². The number of rotatable bonds is 7. The van der Waals surface area contributed by atoms with Crippen LogP contribution >= 0.6 is 11.3 Å².